The molecule has 1 unspecified atom stereocenters. The van der Waals surface area contributed by atoms with Gasteiger partial charge in [-0.05, 0) is 12.3 Å². The van der Waals surface area contributed by atoms with Crippen molar-refractivity contribution in [3.63, 3.8) is 0 Å². The molecular weight excluding hydrogens is 192 g/mol. The Morgan fingerprint density at radius 3 is 2.46 bits per heavy atom. The molecule has 2 aliphatic heterocycles. The summed E-state index contributed by atoms with van der Waals surface area (Å²) in [5, 5.41) is 0. The van der Waals surface area contributed by atoms with Gasteiger partial charge in [-0.1, -0.05) is 0 Å². The van der Waals surface area contributed by atoms with E-state index in [1.165, 1.54) is 0 Å². The second-order valence-electron chi connectivity index (χ2n) is 3.94. The largest absolute Gasteiger partial charge is 0.381 e. The zero-order chi connectivity index (χ0) is 9.53. The third-order valence-electron chi connectivity index (χ3n) is 2.95. The number of ether oxygens (including phenoxy) is 1. The molecule has 0 amide bonds. The molecule has 13 heavy (non-hydrogen) atoms. The van der Waals surface area contributed by atoms with Crippen LogP contribution in [0.3, 0.4) is 0 Å². The fourth-order valence-electron chi connectivity index (χ4n) is 2.16. The Morgan fingerprint density at radius 2 is 2.08 bits per heavy atom. The van der Waals surface area contributed by atoms with Crippen molar-refractivity contribution in [1.82, 2.24) is 0 Å². The number of carbonyl (C=O) groups is 1. The lowest BCUT2D eigenvalue weighted by molar-refractivity contribution is -0.117. The average Bonchev–Trinajstić information content (AvgIpc) is 2.51. The molecule has 0 aromatic heterocycles. The molecule has 0 aromatic rings. The van der Waals surface area contributed by atoms with Crippen LogP contribution < -0.4 is 0 Å². The van der Waals surface area contributed by atoms with Crippen LogP contribution in [0, 0.1) is 11.3 Å². The molecule has 74 valence electrons. The molecule has 2 fully saturated rings. The molecule has 0 saturated carbocycles. The Hall–Kier alpha value is -0.420. The third-order valence-corrected chi connectivity index (χ3v) is 4.91. The van der Waals surface area contributed by atoms with Crippen LogP contribution >= 0.6 is 0 Å². The Labute approximate surface area is 77.2 Å². The van der Waals surface area contributed by atoms with Crippen molar-refractivity contribution in [2.24, 2.45) is 11.3 Å². The van der Waals surface area contributed by atoms with Gasteiger partial charge in [-0.2, -0.15) is 0 Å². The molecule has 4 nitrogen and oxygen atoms in total. The fourth-order valence-corrected chi connectivity index (χ4v) is 4.33. The number of aldehydes is 1. The third kappa shape index (κ3) is 1.40. The van der Waals surface area contributed by atoms with Crippen molar-refractivity contribution in [1.29, 1.82) is 0 Å². The van der Waals surface area contributed by atoms with Crippen molar-refractivity contribution in [3.8, 4) is 0 Å². The molecular formula is C8H12O4S. The van der Waals surface area contributed by atoms with Crippen LogP contribution in [0.4, 0.5) is 0 Å². The van der Waals surface area contributed by atoms with Crippen LogP contribution in [0.5, 0.6) is 0 Å². The van der Waals surface area contributed by atoms with E-state index in [1.807, 2.05) is 0 Å². The lowest BCUT2D eigenvalue weighted by atomic mass is 9.78. The van der Waals surface area contributed by atoms with Gasteiger partial charge in [-0.25, -0.2) is 8.42 Å². The first-order valence-electron chi connectivity index (χ1n) is 4.32. The summed E-state index contributed by atoms with van der Waals surface area (Å²) in [6, 6.07) is 0. The molecule has 2 aliphatic rings. The van der Waals surface area contributed by atoms with Crippen LogP contribution in [-0.4, -0.2) is 39.4 Å². The Bertz CT molecular complexity index is 301. The number of rotatable bonds is 2. The predicted molar refractivity (Wildman–Crippen MR) is 46.1 cm³/mol. The van der Waals surface area contributed by atoms with E-state index >= 15 is 0 Å². The lowest BCUT2D eigenvalue weighted by Gasteiger charge is -2.40. The van der Waals surface area contributed by atoms with E-state index in [0.29, 0.717) is 13.2 Å². The minimum Gasteiger partial charge on any atom is -0.381 e. The summed E-state index contributed by atoms with van der Waals surface area (Å²) in [7, 11) is -2.93. The van der Waals surface area contributed by atoms with E-state index in [9.17, 15) is 13.2 Å². The van der Waals surface area contributed by atoms with E-state index in [4.69, 9.17) is 4.74 Å². The number of hydrogen-bond donors (Lipinski definition) is 0. The highest BCUT2D eigenvalue weighted by Gasteiger charge is 2.54. The van der Waals surface area contributed by atoms with Crippen LogP contribution in [0.1, 0.15) is 6.42 Å². The van der Waals surface area contributed by atoms with Crippen molar-refractivity contribution in [2.45, 2.75) is 6.42 Å². The predicted octanol–water partition coefficient (Wildman–Crippen LogP) is -0.363. The van der Waals surface area contributed by atoms with E-state index in [-0.39, 0.29) is 17.4 Å². The smallest absolute Gasteiger partial charge is 0.152 e. The molecule has 0 spiro atoms. The standard InChI is InChI=1S/C8H12O4S/c9-4-8(5-13(10,11)6-8)7-1-2-12-3-7/h4,7H,1-3,5-6H2. The summed E-state index contributed by atoms with van der Waals surface area (Å²) in [6.45, 7) is 1.19. The SMILES string of the molecule is O=CC1(C2CCOC2)CS(=O)(=O)C1. The Balaban J connectivity index is 2.14. The van der Waals surface area contributed by atoms with E-state index < -0.39 is 15.3 Å². The first-order chi connectivity index (χ1) is 6.08. The number of carbonyl (C=O) groups excluding carboxylic acids is 1. The second-order valence-corrected chi connectivity index (χ2v) is 6.01. The van der Waals surface area contributed by atoms with E-state index in [0.717, 1.165) is 12.7 Å². The summed E-state index contributed by atoms with van der Waals surface area (Å²) in [5.74, 6) is 0.170. The van der Waals surface area contributed by atoms with Gasteiger partial charge in [-0.15, -0.1) is 0 Å². The normalized spacial score (nSPS) is 35.2. The van der Waals surface area contributed by atoms with Crippen molar-refractivity contribution < 1.29 is 17.9 Å². The summed E-state index contributed by atoms with van der Waals surface area (Å²) >= 11 is 0. The van der Waals surface area contributed by atoms with Gasteiger partial charge in [0.05, 0.1) is 23.5 Å². The van der Waals surface area contributed by atoms with Crippen molar-refractivity contribution >= 4 is 16.1 Å². The van der Waals surface area contributed by atoms with Crippen LogP contribution in [0.15, 0.2) is 0 Å². The first-order valence-corrected chi connectivity index (χ1v) is 6.15. The number of sulfone groups is 1. The monoisotopic (exact) mass is 204 g/mol. The minimum atomic E-state index is -2.93. The highest BCUT2D eigenvalue weighted by molar-refractivity contribution is 7.93. The second kappa shape index (κ2) is 2.78. The van der Waals surface area contributed by atoms with Crippen molar-refractivity contribution in [3.05, 3.63) is 0 Å². The van der Waals surface area contributed by atoms with Gasteiger partial charge >= 0.3 is 0 Å². The van der Waals surface area contributed by atoms with Crippen LogP contribution in [0.25, 0.3) is 0 Å². The molecule has 1 atom stereocenters. The minimum absolute atomic E-state index is 0.0253. The summed E-state index contributed by atoms with van der Waals surface area (Å²) < 4.78 is 27.2. The van der Waals surface area contributed by atoms with Crippen molar-refractivity contribution in [2.75, 3.05) is 24.7 Å². The maximum absolute atomic E-state index is 11.0. The lowest BCUT2D eigenvalue weighted by Crippen LogP contribution is -2.54. The number of hydrogen-bond acceptors (Lipinski definition) is 4. The van der Waals surface area contributed by atoms with Gasteiger partial charge in [0.1, 0.15) is 6.29 Å². The zero-order valence-corrected chi connectivity index (χ0v) is 8.05. The van der Waals surface area contributed by atoms with Gasteiger partial charge in [0, 0.05) is 6.61 Å². The molecule has 0 N–H and O–H groups in total. The average molecular weight is 204 g/mol. The highest BCUT2D eigenvalue weighted by Crippen LogP contribution is 2.41. The Morgan fingerprint density at radius 1 is 1.38 bits per heavy atom. The van der Waals surface area contributed by atoms with E-state index in [1.54, 1.807) is 0 Å². The first kappa shape index (κ1) is 9.15. The molecule has 5 heteroatoms. The van der Waals surface area contributed by atoms with Gasteiger partial charge in [0.25, 0.3) is 0 Å². The zero-order valence-electron chi connectivity index (χ0n) is 7.23. The topological polar surface area (TPSA) is 60.4 Å². The summed E-state index contributed by atoms with van der Waals surface area (Å²) in [6.07, 6.45) is 1.63. The van der Waals surface area contributed by atoms with Gasteiger partial charge in [0.15, 0.2) is 9.84 Å². The summed E-state index contributed by atoms with van der Waals surface area (Å²) in [5.41, 5.74) is -0.616. The molecule has 2 heterocycles. The maximum atomic E-state index is 11.0. The van der Waals surface area contributed by atoms with Gasteiger partial charge in [0.2, 0.25) is 0 Å². The maximum Gasteiger partial charge on any atom is 0.152 e. The Kier molecular flexibility index (Phi) is 1.96. The molecule has 2 saturated heterocycles. The van der Waals surface area contributed by atoms with Gasteiger partial charge in [-0.3, -0.25) is 0 Å². The molecule has 2 rings (SSSR count). The summed E-state index contributed by atoms with van der Waals surface area (Å²) in [4.78, 5) is 10.9. The van der Waals surface area contributed by atoms with Gasteiger partial charge < -0.3 is 9.53 Å². The molecule has 0 aliphatic carbocycles. The van der Waals surface area contributed by atoms with Crippen LogP contribution in [-0.2, 0) is 19.4 Å². The molecule has 0 aromatic carbocycles. The molecule has 0 bridgehead atoms. The van der Waals surface area contributed by atoms with E-state index in [2.05, 4.69) is 0 Å². The fraction of sp³-hybridized carbons (Fsp3) is 0.875. The highest BCUT2D eigenvalue weighted by atomic mass is 32.2. The van der Waals surface area contributed by atoms with Crippen LogP contribution in [0.2, 0.25) is 0 Å². The molecule has 0 radical (unpaired) electrons. The quantitative estimate of drug-likeness (QED) is 0.576.